The van der Waals surface area contributed by atoms with Crippen LogP contribution in [0.5, 0.6) is 0 Å². The number of aliphatic hydroxyl groups is 2. The Morgan fingerprint density at radius 2 is 2.05 bits per heavy atom. The van der Waals surface area contributed by atoms with Gasteiger partial charge in [0.2, 0.25) is 0 Å². The van der Waals surface area contributed by atoms with Crippen LogP contribution < -0.4 is 5.32 Å². The molecule has 0 heterocycles. The Labute approximate surface area is 143 Å². The lowest BCUT2D eigenvalue weighted by Crippen LogP contribution is -2.26. The zero-order valence-corrected chi connectivity index (χ0v) is 14.4. The van der Waals surface area contributed by atoms with Crippen molar-refractivity contribution in [2.45, 2.75) is 6.92 Å². The van der Waals surface area contributed by atoms with Crippen LogP contribution in [0.2, 0.25) is 0 Å². The van der Waals surface area contributed by atoms with Gasteiger partial charge in [-0.1, -0.05) is 0 Å². The number of amides is 1. The highest BCUT2D eigenvalue weighted by atomic mass is 127. The molecule has 1 aromatic carbocycles. The third-order valence-corrected chi connectivity index (χ3v) is 3.56. The largest absolute Gasteiger partial charge is 0.395 e. The van der Waals surface area contributed by atoms with E-state index in [-0.39, 0.29) is 31.9 Å². The van der Waals surface area contributed by atoms with Crippen molar-refractivity contribution in [3.8, 4) is 6.07 Å². The maximum atomic E-state index is 12.2. The number of nitrogens with one attached hydrogen (secondary N) is 1. The summed E-state index contributed by atoms with van der Waals surface area (Å²) in [7, 11) is 0. The van der Waals surface area contributed by atoms with Crippen LogP contribution in [-0.4, -0.2) is 47.3 Å². The highest BCUT2D eigenvalue weighted by Crippen LogP contribution is 2.18. The molecule has 0 spiro atoms. The van der Waals surface area contributed by atoms with Crippen LogP contribution >= 0.6 is 22.6 Å². The van der Waals surface area contributed by atoms with Crippen LogP contribution in [-0.2, 0) is 4.79 Å². The highest BCUT2D eigenvalue weighted by molar-refractivity contribution is 14.1. The molecule has 0 saturated heterocycles. The molecule has 0 aliphatic carbocycles. The smallest absolute Gasteiger partial charge is 0.267 e. The van der Waals surface area contributed by atoms with Crippen molar-refractivity contribution >= 4 is 34.2 Å². The predicted molar refractivity (Wildman–Crippen MR) is 92.0 cm³/mol. The molecule has 0 fully saturated rings. The van der Waals surface area contributed by atoms with E-state index in [1.807, 2.05) is 25.1 Å². The van der Waals surface area contributed by atoms with E-state index in [2.05, 4.69) is 27.9 Å². The summed E-state index contributed by atoms with van der Waals surface area (Å²) in [6.45, 7) is 2.08. The summed E-state index contributed by atoms with van der Waals surface area (Å²) < 4.78 is 1.06. The van der Waals surface area contributed by atoms with E-state index in [4.69, 9.17) is 15.5 Å². The normalized spacial score (nSPS) is 11.0. The van der Waals surface area contributed by atoms with E-state index in [0.717, 1.165) is 9.13 Å². The molecular weight excluding hydrogens is 397 g/mol. The summed E-state index contributed by atoms with van der Waals surface area (Å²) in [5.41, 5.74) is 1.46. The number of carbonyl (C=O) groups is 1. The molecule has 0 bridgehead atoms. The van der Waals surface area contributed by atoms with Gasteiger partial charge in [0.05, 0.1) is 13.2 Å². The van der Waals surface area contributed by atoms with E-state index in [1.54, 1.807) is 6.07 Å². The molecule has 1 aromatic rings. The quantitative estimate of drug-likeness (QED) is 0.354. The molecule has 0 aliphatic rings. The molecule has 1 amide bonds. The fourth-order valence-corrected chi connectivity index (χ4v) is 2.42. The van der Waals surface area contributed by atoms with E-state index in [0.29, 0.717) is 5.69 Å². The second kappa shape index (κ2) is 9.40. The number of hydrogen-bond donors (Lipinski definition) is 3. The third kappa shape index (κ3) is 5.63. The first-order valence-corrected chi connectivity index (χ1v) is 7.75. The van der Waals surface area contributed by atoms with Crippen LogP contribution in [0.3, 0.4) is 0 Å². The van der Waals surface area contributed by atoms with Crippen LogP contribution in [0.1, 0.15) is 5.56 Å². The van der Waals surface area contributed by atoms with Crippen LogP contribution in [0.4, 0.5) is 5.69 Å². The lowest BCUT2D eigenvalue weighted by molar-refractivity contribution is -0.112. The van der Waals surface area contributed by atoms with E-state index in [1.165, 1.54) is 11.1 Å². The first kappa shape index (κ1) is 18.4. The molecule has 7 heteroatoms. The molecule has 0 radical (unpaired) electrons. The molecule has 0 saturated carbocycles. The molecule has 0 unspecified atom stereocenters. The Morgan fingerprint density at radius 3 is 2.55 bits per heavy atom. The van der Waals surface area contributed by atoms with Crippen molar-refractivity contribution < 1.29 is 15.0 Å². The summed E-state index contributed by atoms with van der Waals surface area (Å²) in [6.07, 6.45) is 1.35. The van der Waals surface area contributed by atoms with Crippen LogP contribution in [0, 0.1) is 21.8 Å². The van der Waals surface area contributed by atoms with Gasteiger partial charge in [0.25, 0.3) is 5.91 Å². The monoisotopic (exact) mass is 415 g/mol. The number of anilines is 1. The fourth-order valence-electron chi connectivity index (χ4n) is 1.78. The van der Waals surface area contributed by atoms with Crippen LogP contribution in [0.25, 0.3) is 0 Å². The molecule has 1 rings (SSSR count). The summed E-state index contributed by atoms with van der Waals surface area (Å²) in [5.74, 6) is -0.521. The maximum absolute atomic E-state index is 12.2. The van der Waals surface area contributed by atoms with Crippen molar-refractivity contribution in [3.05, 3.63) is 39.1 Å². The molecule has 0 atom stereocenters. The lowest BCUT2D eigenvalue weighted by Gasteiger charge is -2.18. The summed E-state index contributed by atoms with van der Waals surface area (Å²) in [4.78, 5) is 13.7. The van der Waals surface area contributed by atoms with Gasteiger partial charge in [-0.15, -0.1) is 0 Å². The predicted octanol–water partition coefficient (Wildman–Crippen LogP) is 1.23. The molecule has 6 nitrogen and oxygen atoms in total. The Balaban J connectivity index is 2.89. The van der Waals surface area contributed by atoms with Gasteiger partial charge in [-0.2, -0.15) is 5.26 Å². The van der Waals surface area contributed by atoms with Gasteiger partial charge >= 0.3 is 0 Å². The number of nitriles is 1. The van der Waals surface area contributed by atoms with E-state index < -0.39 is 5.91 Å². The van der Waals surface area contributed by atoms with E-state index >= 15 is 0 Å². The van der Waals surface area contributed by atoms with Crippen LogP contribution in [0.15, 0.2) is 30.0 Å². The van der Waals surface area contributed by atoms with Gasteiger partial charge in [0, 0.05) is 28.5 Å². The Bertz CT molecular complexity index is 590. The second-order valence-corrected chi connectivity index (χ2v) is 5.80. The van der Waals surface area contributed by atoms with Gasteiger partial charge in [-0.05, 0) is 53.3 Å². The number of nitrogens with zero attached hydrogens (tertiary/aromatic N) is 2. The Hall–Kier alpha value is -1.63. The maximum Gasteiger partial charge on any atom is 0.267 e. The second-order valence-electron chi connectivity index (χ2n) is 4.55. The first-order valence-electron chi connectivity index (χ1n) is 6.67. The summed E-state index contributed by atoms with van der Waals surface area (Å²) in [6, 6.07) is 7.41. The highest BCUT2D eigenvalue weighted by Gasteiger charge is 2.12. The molecule has 0 aromatic heterocycles. The molecule has 22 heavy (non-hydrogen) atoms. The molecule has 3 N–H and O–H groups in total. The van der Waals surface area contributed by atoms with Gasteiger partial charge in [0.1, 0.15) is 11.6 Å². The number of carbonyl (C=O) groups excluding carboxylic acids is 1. The lowest BCUT2D eigenvalue weighted by atomic mass is 10.2. The van der Waals surface area contributed by atoms with Crippen molar-refractivity contribution in [2.24, 2.45) is 0 Å². The topological polar surface area (TPSA) is 96.6 Å². The van der Waals surface area contributed by atoms with Crippen molar-refractivity contribution in [2.75, 3.05) is 31.6 Å². The number of aliphatic hydroxyl groups excluding tert-OH is 2. The number of rotatable bonds is 7. The van der Waals surface area contributed by atoms with Gasteiger partial charge < -0.3 is 20.4 Å². The van der Waals surface area contributed by atoms with Gasteiger partial charge in [0.15, 0.2) is 0 Å². The van der Waals surface area contributed by atoms with Gasteiger partial charge in [-0.25, -0.2) is 0 Å². The van der Waals surface area contributed by atoms with Crippen molar-refractivity contribution in [1.29, 1.82) is 5.26 Å². The third-order valence-electron chi connectivity index (χ3n) is 2.89. The molecular formula is C15H18IN3O3. The van der Waals surface area contributed by atoms with Crippen molar-refractivity contribution in [1.82, 2.24) is 4.90 Å². The van der Waals surface area contributed by atoms with Gasteiger partial charge in [-0.3, -0.25) is 4.79 Å². The fraction of sp³-hybridized carbons (Fsp3) is 0.333. The minimum absolute atomic E-state index is 0.0835. The number of benzene rings is 1. The average Bonchev–Trinajstić information content (AvgIpc) is 2.47. The Morgan fingerprint density at radius 1 is 1.41 bits per heavy atom. The zero-order chi connectivity index (χ0) is 16.5. The van der Waals surface area contributed by atoms with E-state index in [9.17, 15) is 4.79 Å². The SMILES string of the molecule is Cc1cc(I)ccc1NC(=O)/C(C#N)=C\N(CCO)CCO. The number of hydrogen-bond acceptors (Lipinski definition) is 5. The number of halogens is 1. The molecule has 118 valence electrons. The Kier molecular flexibility index (Phi) is 7.87. The first-order chi connectivity index (χ1) is 10.5. The molecule has 0 aliphatic heterocycles. The minimum atomic E-state index is -0.521. The average molecular weight is 415 g/mol. The standard InChI is InChI=1S/C15H18IN3O3/c1-11-8-13(16)2-3-14(11)18-15(22)12(9-17)10-19(4-6-20)5-7-21/h2-3,8,10,20-21H,4-7H2,1H3,(H,18,22)/b12-10-. The summed E-state index contributed by atoms with van der Waals surface area (Å²) in [5, 5.41) is 29.7. The van der Waals surface area contributed by atoms with Crippen molar-refractivity contribution in [3.63, 3.8) is 0 Å². The number of aryl methyl sites for hydroxylation is 1. The minimum Gasteiger partial charge on any atom is -0.395 e. The summed E-state index contributed by atoms with van der Waals surface area (Å²) >= 11 is 2.18. The zero-order valence-electron chi connectivity index (χ0n) is 12.2.